The smallest absolute Gasteiger partial charge is 0.149 e. The fourth-order valence-electron chi connectivity index (χ4n) is 1.47. The molecule has 0 radical (unpaired) electrons. The summed E-state index contributed by atoms with van der Waals surface area (Å²) in [5, 5.41) is 17.1. The summed E-state index contributed by atoms with van der Waals surface area (Å²) < 4.78 is 28.2. The Bertz CT molecular complexity index is 587. The minimum Gasteiger partial charge on any atom is -0.384 e. The number of hydrogen-bond acceptors (Lipinski definition) is 3. The lowest BCUT2D eigenvalue weighted by atomic mass is 10.1. The van der Waals surface area contributed by atoms with E-state index in [-0.39, 0.29) is 16.9 Å². The van der Waals surface area contributed by atoms with Crippen molar-refractivity contribution in [3.63, 3.8) is 0 Å². The van der Waals surface area contributed by atoms with Crippen LogP contribution in [-0.4, -0.2) is 20.1 Å². The first-order chi connectivity index (χ1) is 8.29. The molecule has 0 aliphatic carbocycles. The van der Waals surface area contributed by atoms with Crippen molar-refractivity contribution in [1.82, 2.24) is 15.0 Å². The SMILES string of the molecule is Cc1cc(F)c(-n2cc(C(C)(C)O)nn2)cc1F. The third-order valence-corrected chi connectivity index (χ3v) is 2.60. The van der Waals surface area contributed by atoms with Crippen LogP contribution in [0.5, 0.6) is 0 Å². The van der Waals surface area contributed by atoms with Crippen molar-refractivity contribution in [2.75, 3.05) is 0 Å². The average Bonchev–Trinajstić information content (AvgIpc) is 2.72. The van der Waals surface area contributed by atoms with Gasteiger partial charge in [-0.3, -0.25) is 0 Å². The lowest BCUT2D eigenvalue weighted by Gasteiger charge is -2.11. The van der Waals surface area contributed by atoms with Gasteiger partial charge in [0.2, 0.25) is 0 Å². The van der Waals surface area contributed by atoms with Crippen molar-refractivity contribution in [1.29, 1.82) is 0 Å². The highest BCUT2D eigenvalue weighted by Gasteiger charge is 2.21. The van der Waals surface area contributed by atoms with E-state index in [1.165, 1.54) is 27.0 Å². The van der Waals surface area contributed by atoms with Crippen LogP contribution >= 0.6 is 0 Å². The van der Waals surface area contributed by atoms with E-state index in [1.54, 1.807) is 0 Å². The number of benzene rings is 1. The number of aryl methyl sites for hydroxylation is 1. The van der Waals surface area contributed by atoms with Gasteiger partial charge >= 0.3 is 0 Å². The van der Waals surface area contributed by atoms with Crippen LogP contribution in [0.25, 0.3) is 5.69 Å². The van der Waals surface area contributed by atoms with Gasteiger partial charge in [-0.2, -0.15) is 0 Å². The maximum absolute atomic E-state index is 13.7. The molecule has 0 unspecified atom stereocenters. The molecule has 0 aliphatic heterocycles. The van der Waals surface area contributed by atoms with Crippen molar-refractivity contribution in [3.8, 4) is 5.69 Å². The second-order valence-corrected chi connectivity index (χ2v) is 4.66. The summed E-state index contributed by atoms with van der Waals surface area (Å²) in [6.45, 7) is 4.55. The molecule has 0 saturated heterocycles. The van der Waals surface area contributed by atoms with Gasteiger partial charge in [-0.05, 0) is 32.4 Å². The van der Waals surface area contributed by atoms with E-state index in [4.69, 9.17) is 0 Å². The number of rotatable bonds is 2. The van der Waals surface area contributed by atoms with Crippen LogP contribution in [0.1, 0.15) is 25.1 Å². The lowest BCUT2D eigenvalue weighted by molar-refractivity contribution is 0.0737. The van der Waals surface area contributed by atoms with Crippen molar-refractivity contribution >= 4 is 0 Å². The minimum atomic E-state index is -1.18. The molecule has 1 aromatic heterocycles. The highest BCUT2D eigenvalue weighted by atomic mass is 19.1. The molecule has 18 heavy (non-hydrogen) atoms. The summed E-state index contributed by atoms with van der Waals surface area (Å²) in [5.74, 6) is -1.12. The Morgan fingerprint density at radius 1 is 1.22 bits per heavy atom. The highest BCUT2D eigenvalue weighted by Crippen LogP contribution is 2.20. The minimum absolute atomic E-state index is 0.0406. The molecule has 0 saturated carbocycles. The van der Waals surface area contributed by atoms with Gasteiger partial charge in [0.25, 0.3) is 0 Å². The summed E-state index contributed by atoms with van der Waals surface area (Å²) in [4.78, 5) is 0. The largest absolute Gasteiger partial charge is 0.384 e. The van der Waals surface area contributed by atoms with Crippen LogP contribution < -0.4 is 0 Å². The molecular weight excluding hydrogens is 240 g/mol. The average molecular weight is 253 g/mol. The molecule has 0 aliphatic rings. The summed E-state index contributed by atoms with van der Waals surface area (Å²) in [7, 11) is 0. The zero-order chi connectivity index (χ0) is 13.5. The van der Waals surface area contributed by atoms with Gasteiger partial charge in [0.15, 0.2) is 0 Å². The molecule has 2 rings (SSSR count). The molecule has 2 aromatic rings. The Morgan fingerprint density at radius 3 is 2.44 bits per heavy atom. The topological polar surface area (TPSA) is 50.9 Å². The molecule has 96 valence electrons. The highest BCUT2D eigenvalue weighted by molar-refractivity contribution is 5.36. The maximum atomic E-state index is 13.7. The van der Waals surface area contributed by atoms with Gasteiger partial charge in [0, 0.05) is 6.07 Å². The van der Waals surface area contributed by atoms with Crippen LogP contribution in [-0.2, 0) is 5.60 Å². The number of nitrogens with zero attached hydrogens (tertiary/aromatic N) is 3. The van der Waals surface area contributed by atoms with Gasteiger partial charge in [-0.15, -0.1) is 5.10 Å². The Kier molecular flexibility index (Phi) is 2.90. The van der Waals surface area contributed by atoms with E-state index < -0.39 is 17.2 Å². The second-order valence-electron chi connectivity index (χ2n) is 4.66. The van der Waals surface area contributed by atoms with E-state index in [0.717, 1.165) is 16.8 Å². The van der Waals surface area contributed by atoms with E-state index in [0.29, 0.717) is 0 Å². The number of hydrogen-bond donors (Lipinski definition) is 1. The molecule has 1 heterocycles. The van der Waals surface area contributed by atoms with E-state index in [1.807, 2.05) is 0 Å². The molecule has 0 spiro atoms. The maximum Gasteiger partial charge on any atom is 0.149 e. The second kappa shape index (κ2) is 4.13. The van der Waals surface area contributed by atoms with Crippen LogP contribution in [0.2, 0.25) is 0 Å². The van der Waals surface area contributed by atoms with E-state index >= 15 is 0 Å². The number of aromatic nitrogens is 3. The Morgan fingerprint density at radius 2 is 1.89 bits per heavy atom. The lowest BCUT2D eigenvalue weighted by Crippen LogP contribution is -2.15. The first-order valence-electron chi connectivity index (χ1n) is 5.40. The number of halogens is 2. The molecule has 1 N–H and O–H groups in total. The van der Waals surface area contributed by atoms with Gasteiger partial charge in [0.05, 0.1) is 6.20 Å². The molecule has 0 bridgehead atoms. The predicted octanol–water partition coefficient (Wildman–Crippen LogP) is 2.08. The van der Waals surface area contributed by atoms with Crippen molar-refractivity contribution in [3.05, 3.63) is 41.2 Å². The fraction of sp³-hybridized carbons (Fsp3) is 0.333. The van der Waals surface area contributed by atoms with Crippen molar-refractivity contribution < 1.29 is 13.9 Å². The Balaban J connectivity index is 2.50. The fourth-order valence-corrected chi connectivity index (χ4v) is 1.47. The molecule has 0 atom stereocenters. The molecule has 0 amide bonds. The molecule has 0 fully saturated rings. The van der Waals surface area contributed by atoms with Gasteiger partial charge in [-0.25, -0.2) is 13.5 Å². The number of aliphatic hydroxyl groups is 1. The summed E-state index contributed by atoms with van der Waals surface area (Å²) in [6, 6.07) is 2.14. The van der Waals surface area contributed by atoms with Crippen LogP contribution in [0, 0.1) is 18.6 Å². The molecule has 4 nitrogen and oxygen atoms in total. The monoisotopic (exact) mass is 253 g/mol. The van der Waals surface area contributed by atoms with Crippen LogP contribution in [0.3, 0.4) is 0 Å². The van der Waals surface area contributed by atoms with E-state index in [2.05, 4.69) is 10.3 Å². The quantitative estimate of drug-likeness (QED) is 0.891. The predicted molar refractivity (Wildman–Crippen MR) is 61.3 cm³/mol. The summed E-state index contributed by atoms with van der Waals surface area (Å²) >= 11 is 0. The van der Waals surface area contributed by atoms with Crippen LogP contribution in [0.15, 0.2) is 18.3 Å². The first-order valence-corrected chi connectivity index (χ1v) is 5.40. The van der Waals surface area contributed by atoms with Crippen LogP contribution in [0.4, 0.5) is 8.78 Å². The first kappa shape index (κ1) is 12.6. The zero-order valence-electron chi connectivity index (χ0n) is 10.3. The third kappa shape index (κ3) is 2.24. The van der Waals surface area contributed by atoms with Gasteiger partial charge in [0.1, 0.15) is 28.6 Å². The van der Waals surface area contributed by atoms with Crippen molar-refractivity contribution in [2.45, 2.75) is 26.4 Å². The standard InChI is InChI=1S/C12H13F2N3O/c1-7-4-9(14)10(5-8(7)13)17-6-11(15-16-17)12(2,3)18/h4-6,18H,1-3H3. The van der Waals surface area contributed by atoms with E-state index in [9.17, 15) is 13.9 Å². The summed E-state index contributed by atoms with van der Waals surface area (Å²) in [6.07, 6.45) is 1.37. The van der Waals surface area contributed by atoms with Crippen molar-refractivity contribution in [2.24, 2.45) is 0 Å². The normalized spacial score (nSPS) is 11.9. The third-order valence-electron chi connectivity index (χ3n) is 2.60. The summed E-state index contributed by atoms with van der Waals surface area (Å²) in [5.41, 5.74) is -0.721. The Labute approximate surface area is 103 Å². The molecule has 1 aromatic carbocycles. The molecular formula is C12H13F2N3O. The zero-order valence-corrected chi connectivity index (χ0v) is 10.3. The molecule has 6 heteroatoms. The Hall–Kier alpha value is -1.82. The van der Waals surface area contributed by atoms with Gasteiger partial charge < -0.3 is 5.11 Å². The van der Waals surface area contributed by atoms with Gasteiger partial charge in [-0.1, -0.05) is 5.21 Å².